The van der Waals surface area contributed by atoms with E-state index < -0.39 is 23.4 Å². The summed E-state index contributed by atoms with van der Waals surface area (Å²) in [6.07, 6.45) is 0. The van der Waals surface area contributed by atoms with Crippen LogP contribution in [0.3, 0.4) is 0 Å². The zero-order valence-corrected chi connectivity index (χ0v) is 19.6. The highest BCUT2D eigenvalue weighted by molar-refractivity contribution is 6.08. The third kappa shape index (κ3) is 4.89. The summed E-state index contributed by atoms with van der Waals surface area (Å²) in [5, 5.41) is 3.37. The molecule has 9 heteroatoms. The lowest BCUT2D eigenvalue weighted by molar-refractivity contribution is -0.138. The van der Waals surface area contributed by atoms with Crippen LogP contribution in [-0.4, -0.2) is 43.6 Å². The maximum atomic E-state index is 13.1. The van der Waals surface area contributed by atoms with Crippen molar-refractivity contribution in [1.82, 2.24) is 15.8 Å². The fourth-order valence-electron chi connectivity index (χ4n) is 3.80. The molecule has 0 bridgehead atoms. The zero-order chi connectivity index (χ0) is 25.0. The summed E-state index contributed by atoms with van der Waals surface area (Å²) < 4.78 is 11.1. The minimum atomic E-state index is -1.32. The molecule has 180 valence electrons. The van der Waals surface area contributed by atoms with Crippen LogP contribution in [0.15, 0.2) is 78.9 Å². The average Bonchev–Trinajstić information content (AvgIpc) is 3.08. The average molecular weight is 475 g/mol. The standard InChI is InChI=1S/C26H26N4O5/c1-26(18-13-15-19(34-3)16-14-18)24(32)30(25(33)27-26)28-23(31)17-29(2)21-11-7-8-12-22(21)35-20-9-5-4-6-10-20/h4-16H,17H2,1-3H3,(H,27,33)(H,28,31). The highest BCUT2D eigenvalue weighted by Gasteiger charge is 2.50. The molecule has 9 nitrogen and oxygen atoms in total. The smallest absolute Gasteiger partial charge is 0.344 e. The SMILES string of the molecule is COc1ccc(C2(C)NC(=O)N(NC(=O)CN(C)c3ccccc3Oc3ccccc3)C2=O)cc1. The third-order valence-electron chi connectivity index (χ3n) is 5.72. The predicted octanol–water partition coefficient (Wildman–Crippen LogP) is 3.42. The van der Waals surface area contributed by atoms with Gasteiger partial charge in [0.05, 0.1) is 19.3 Å². The van der Waals surface area contributed by atoms with Crippen LogP contribution in [0.5, 0.6) is 17.2 Å². The van der Waals surface area contributed by atoms with E-state index in [-0.39, 0.29) is 6.54 Å². The van der Waals surface area contributed by atoms with Crippen LogP contribution >= 0.6 is 0 Å². The number of nitrogens with zero attached hydrogens (tertiary/aromatic N) is 2. The van der Waals surface area contributed by atoms with Crippen LogP contribution in [-0.2, 0) is 15.1 Å². The largest absolute Gasteiger partial charge is 0.497 e. The highest BCUT2D eigenvalue weighted by Crippen LogP contribution is 2.32. The first-order valence-electron chi connectivity index (χ1n) is 11.0. The van der Waals surface area contributed by atoms with Gasteiger partial charge in [0.2, 0.25) is 0 Å². The van der Waals surface area contributed by atoms with Crippen molar-refractivity contribution in [2.45, 2.75) is 12.5 Å². The molecule has 2 N–H and O–H groups in total. The Kier molecular flexibility index (Phi) is 6.59. The van der Waals surface area contributed by atoms with Crippen molar-refractivity contribution >= 4 is 23.5 Å². The molecule has 4 rings (SSSR count). The Morgan fingerprint density at radius 2 is 1.63 bits per heavy atom. The molecule has 0 spiro atoms. The minimum Gasteiger partial charge on any atom is -0.497 e. The topological polar surface area (TPSA) is 100 Å². The maximum Gasteiger partial charge on any atom is 0.344 e. The number of hydrogen-bond donors (Lipinski definition) is 2. The van der Waals surface area contributed by atoms with Gasteiger partial charge in [0, 0.05) is 7.05 Å². The molecule has 1 unspecified atom stereocenters. The van der Waals surface area contributed by atoms with Crippen LogP contribution < -0.4 is 25.1 Å². The number of amides is 4. The van der Waals surface area contributed by atoms with Gasteiger partial charge in [-0.25, -0.2) is 4.79 Å². The summed E-state index contributed by atoms with van der Waals surface area (Å²) >= 11 is 0. The van der Waals surface area contributed by atoms with E-state index in [1.165, 1.54) is 0 Å². The van der Waals surface area contributed by atoms with Crippen molar-refractivity contribution < 1.29 is 23.9 Å². The van der Waals surface area contributed by atoms with E-state index in [9.17, 15) is 14.4 Å². The van der Waals surface area contributed by atoms with Crippen LogP contribution in [0.4, 0.5) is 10.5 Å². The lowest BCUT2D eigenvalue weighted by atomic mass is 9.92. The van der Waals surface area contributed by atoms with Crippen molar-refractivity contribution in [3.8, 4) is 17.2 Å². The number of para-hydroxylation sites is 3. The van der Waals surface area contributed by atoms with E-state index in [2.05, 4.69) is 10.7 Å². The molecule has 4 amide bonds. The number of hydrazine groups is 1. The zero-order valence-electron chi connectivity index (χ0n) is 19.6. The summed E-state index contributed by atoms with van der Waals surface area (Å²) in [4.78, 5) is 40.1. The highest BCUT2D eigenvalue weighted by atomic mass is 16.5. The number of carbonyl (C=O) groups is 3. The van der Waals surface area contributed by atoms with Gasteiger partial charge in [-0.1, -0.05) is 42.5 Å². The van der Waals surface area contributed by atoms with Crippen LogP contribution in [0.25, 0.3) is 0 Å². The molecule has 3 aromatic rings. The lowest BCUT2D eigenvalue weighted by Gasteiger charge is -2.24. The maximum absolute atomic E-state index is 13.1. The first kappa shape index (κ1) is 23.6. The normalized spacial score (nSPS) is 17.1. The van der Waals surface area contributed by atoms with Gasteiger partial charge in [0.15, 0.2) is 5.75 Å². The van der Waals surface area contributed by atoms with Crippen molar-refractivity contribution in [2.24, 2.45) is 0 Å². The number of anilines is 1. The molecule has 1 saturated heterocycles. The van der Waals surface area contributed by atoms with E-state index in [1.54, 1.807) is 56.3 Å². The predicted molar refractivity (Wildman–Crippen MR) is 130 cm³/mol. The van der Waals surface area contributed by atoms with Gasteiger partial charge in [-0.3, -0.25) is 15.0 Å². The van der Waals surface area contributed by atoms with Gasteiger partial charge in [-0.2, -0.15) is 5.01 Å². The number of carbonyl (C=O) groups excluding carboxylic acids is 3. The van der Waals surface area contributed by atoms with E-state index in [0.29, 0.717) is 33.5 Å². The van der Waals surface area contributed by atoms with E-state index >= 15 is 0 Å². The summed E-state index contributed by atoms with van der Waals surface area (Å²) in [6.45, 7) is 1.47. The number of hydrogen-bond acceptors (Lipinski definition) is 6. The second kappa shape index (κ2) is 9.76. The summed E-state index contributed by atoms with van der Waals surface area (Å²) in [5.74, 6) is 0.728. The Labute approximate surface area is 203 Å². The van der Waals surface area contributed by atoms with Crippen LogP contribution in [0.1, 0.15) is 12.5 Å². The number of rotatable bonds is 8. The Bertz CT molecular complexity index is 1230. The molecule has 35 heavy (non-hydrogen) atoms. The fraction of sp³-hybridized carbons (Fsp3) is 0.192. The van der Waals surface area contributed by atoms with E-state index in [4.69, 9.17) is 9.47 Å². The molecule has 0 aromatic heterocycles. The van der Waals surface area contributed by atoms with Gasteiger partial charge in [0.25, 0.3) is 11.8 Å². The lowest BCUT2D eigenvalue weighted by Crippen LogP contribution is -2.50. The molecule has 0 saturated carbocycles. The quantitative estimate of drug-likeness (QED) is 0.486. The van der Waals surface area contributed by atoms with E-state index in [0.717, 1.165) is 0 Å². The van der Waals surface area contributed by atoms with Gasteiger partial charge in [-0.05, 0) is 48.9 Å². The molecular formula is C26H26N4O5. The second-order valence-corrected chi connectivity index (χ2v) is 8.20. The number of imide groups is 1. The number of methoxy groups -OCH3 is 1. The number of urea groups is 1. The summed E-state index contributed by atoms with van der Waals surface area (Å²) in [7, 11) is 3.26. The molecule has 1 aliphatic rings. The Balaban J connectivity index is 1.44. The summed E-state index contributed by atoms with van der Waals surface area (Å²) in [6, 6.07) is 22.7. The molecule has 1 heterocycles. The number of ether oxygens (including phenoxy) is 2. The molecular weight excluding hydrogens is 448 g/mol. The van der Waals surface area contributed by atoms with Crippen LogP contribution in [0.2, 0.25) is 0 Å². The monoisotopic (exact) mass is 474 g/mol. The minimum absolute atomic E-state index is 0.120. The third-order valence-corrected chi connectivity index (χ3v) is 5.72. The van der Waals surface area contributed by atoms with Crippen molar-refractivity contribution in [3.05, 3.63) is 84.4 Å². The molecule has 3 aromatic carbocycles. The molecule has 0 radical (unpaired) electrons. The second-order valence-electron chi connectivity index (χ2n) is 8.20. The number of likely N-dealkylation sites (N-methyl/N-ethyl adjacent to an activating group) is 1. The summed E-state index contributed by atoms with van der Waals surface area (Å²) in [5.41, 5.74) is 2.34. The number of benzene rings is 3. The van der Waals surface area contributed by atoms with Crippen molar-refractivity contribution in [1.29, 1.82) is 0 Å². The number of nitrogens with one attached hydrogen (secondary N) is 2. The van der Waals surface area contributed by atoms with Gasteiger partial charge in [-0.15, -0.1) is 0 Å². The Hall–Kier alpha value is -4.53. The van der Waals surface area contributed by atoms with Crippen molar-refractivity contribution in [3.63, 3.8) is 0 Å². The Morgan fingerprint density at radius 1 is 0.971 bits per heavy atom. The molecule has 1 atom stereocenters. The molecule has 1 fully saturated rings. The first-order valence-corrected chi connectivity index (χ1v) is 11.0. The Morgan fingerprint density at radius 3 is 2.31 bits per heavy atom. The fourth-order valence-corrected chi connectivity index (χ4v) is 3.80. The van der Waals surface area contributed by atoms with Crippen molar-refractivity contribution in [2.75, 3.05) is 25.6 Å². The van der Waals surface area contributed by atoms with Gasteiger partial charge < -0.3 is 19.7 Å². The first-order chi connectivity index (χ1) is 16.8. The van der Waals surface area contributed by atoms with Gasteiger partial charge >= 0.3 is 6.03 Å². The van der Waals surface area contributed by atoms with E-state index in [1.807, 2.05) is 48.5 Å². The molecule has 0 aliphatic carbocycles. The van der Waals surface area contributed by atoms with Crippen LogP contribution in [0, 0.1) is 0 Å². The van der Waals surface area contributed by atoms with Gasteiger partial charge in [0.1, 0.15) is 17.0 Å². The molecule has 1 aliphatic heterocycles.